The molecule has 3 rings (SSSR count). The summed E-state index contributed by atoms with van der Waals surface area (Å²) in [4.78, 5) is 40.2. The number of rotatable bonds is 7. The van der Waals surface area contributed by atoms with Crippen molar-refractivity contribution >= 4 is 29.2 Å². The number of hydrogen-bond donors (Lipinski definition) is 3. The van der Waals surface area contributed by atoms with Crippen LogP contribution in [0.1, 0.15) is 53.8 Å². The quantitative estimate of drug-likeness (QED) is 0.567. The van der Waals surface area contributed by atoms with Gasteiger partial charge in [0.1, 0.15) is 0 Å². The molecule has 0 bridgehead atoms. The lowest BCUT2D eigenvalue weighted by molar-refractivity contribution is 0.0725. The smallest absolute Gasteiger partial charge is 0.319 e. The van der Waals surface area contributed by atoms with E-state index in [1.807, 2.05) is 13.8 Å². The van der Waals surface area contributed by atoms with Crippen LogP contribution in [0.5, 0.6) is 11.5 Å². The number of likely N-dealkylation sites (tertiary alicyclic amines) is 1. The van der Waals surface area contributed by atoms with Gasteiger partial charge in [-0.3, -0.25) is 9.59 Å². The Kier molecular flexibility index (Phi) is 8.34. The maximum atomic E-state index is 13.3. The van der Waals surface area contributed by atoms with Gasteiger partial charge in [0, 0.05) is 36.4 Å². The normalized spacial score (nSPS) is 13.3. The first-order valence-electron chi connectivity index (χ1n) is 11.4. The van der Waals surface area contributed by atoms with Gasteiger partial charge in [-0.25, -0.2) is 4.79 Å². The summed E-state index contributed by atoms with van der Waals surface area (Å²) in [5, 5.41) is 8.28. The van der Waals surface area contributed by atoms with Crippen LogP contribution in [0.2, 0.25) is 0 Å². The SMILES string of the molecule is COc1cc(NC(=O)c2cccc(NC(=O)NC(C)C)c2)c(C(=O)N2CCCCC2)cc1OC. The van der Waals surface area contributed by atoms with Gasteiger partial charge in [-0.2, -0.15) is 0 Å². The van der Waals surface area contributed by atoms with Crippen molar-refractivity contribution in [1.29, 1.82) is 0 Å². The predicted octanol–water partition coefficient (Wildman–Crippen LogP) is 4.11. The molecule has 0 aromatic heterocycles. The number of urea groups is 1. The highest BCUT2D eigenvalue weighted by Crippen LogP contribution is 2.34. The number of anilines is 2. The van der Waals surface area contributed by atoms with E-state index in [2.05, 4.69) is 16.0 Å². The molecule has 34 heavy (non-hydrogen) atoms. The van der Waals surface area contributed by atoms with E-state index < -0.39 is 5.91 Å². The first-order valence-corrected chi connectivity index (χ1v) is 11.4. The lowest BCUT2D eigenvalue weighted by atomic mass is 10.1. The minimum Gasteiger partial charge on any atom is -0.493 e. The lowest BCUT2D eigenvalue weighted by Gasteiger charge is -2.28. The van der Waals surface area contributed by atoms with E-state index in [1.165, 1.54) is 14.2 Å². The fraction of sp³-hybridized carbons (Fsp3) is 0.400. The lowest BCUT2D eigenvalue weighted by Crippen LogP contribution is -2.36. The number of nitrogens with zero attached hydrogens (tertiary/aromatic N) is 1. The third-order valence-electron chi connectivity index (χ3n) is 5.45. The number of methoxy groups -OCH3 is 2. The highest BCUT2D eigenvalue weighted by molar-refractivity contribution is 6.10. The van der Waals surface area contributed by atoms with Crippen molar-refractivity contribution in [1.82, 2.24) is 10.2 Å². The molecule has 2 aromatic rings. The molecule has 9 heteroatoms. The summed E-state index contributed by atoms with van der Waals surface area (Å²) in [6, 6.07) is 9.38. The molecule has 0 radical (unpaired) electrons. The van der Waals surface area contributed by atoms with E-state index in [4.69, 9.17) is 9.47 Å². The van der Waals surface area contributed by atoms with Crippen LogP contribution in [0.25, 0.3) is 0 Å². The molecule has 1 aliphatic heterocycles. The predicted molar refractivity (Wildman–Crippen MR) is 131 cm³/mol. The molecule has 182 valence electrons. The van der Waals surface area contributed by atoms with Gasteiger partial charge in [0.2, 0.25) is 0 Å². The van der Waals surface area contributed by atoms with Crippen LogP contribution in [0.3, 0.4) is 0 Å². The Morgan fingerprint density at radius 3 is 2.24 bits per heavy atom. The van der Waals surface area contributed by atoms with Crippen LogP contribution in [0, 0.1) is 0 Å². The van der Waals surface area contributed by atoms with E-state index in [0.717, 1.165) is 19.3 Å². The molecule has 1 saturated heterocycles. The number of carbonyl (C=O) groups is 3. The van der Waals surface area contributed by atoms with Crippen molar-refractivity contribution in [3.63, 3.8) is 0 Å². The number of benzene rings is 2. The zero-order valence-electron chi connectivity index (χ0n) is 20.1. The second-order valence-corrected chi connectivity index (χ2v) is 8.39. The molecule has 1 fully saturated rings. The molecule has 3 N–H and O–H groups in total. The van der Waals surface area contributed by atoms with Crippen LogP contribution in [-0.4, -0.2) is 56.1 Å². The number of hydrogen-bond acceptors (Lipinski definition) is 5. The van der Waals surface area contributed by atoms with Crippen molar-refractivity contribution in [3.8, 4) is 11.5 Å². The summed E-state index contributed by atoms with van der Waals surface area (Å²) in [5.41, 5.74) is 1.46. The van der Waals surface area contributed by atoms with Gasteiger partial charge in [0.15, 0.2) is 11.5 Å². The first-order chi connectivity index (χ1) is 16.3. The Bertz CT molecular complexity index is 1050. The Morgan fingerprint density at radius 1 is 0.912 bits per heavy atom. The molecule has 1 heterocycles. The topological polar surface area (TPSA) is 109 Å². The Hall–Kier alpha value is -3.75. The Labute approximate surface area is 199 Å². The standard InChI is InChI=1S/C25H32N4O5/c1-16(2)26-25(32)27-18-10-8-9-17(13-18)23(30)28-20-15-22(34-4)21(33-3)14-19(20)24(31)29-11-6-5-7-12-29/h8-10,13-16H,5-7,11-12H2,1-4H3,(H,28,30)(H2,26,27,32). The summed E-state index contributed by atoms with van der Waals surface area (Å²) in [5.74, 6) is 0.210. The average Bonchev–Trinajstić information content (AvgIpc) is 2.83. The van der Waals surface area contributed by atoms with Crippen molar-refractivity contribution in [2.24, 2.45) is 0 Å². The summed E-state index contributed by atoms with van der Waals surface area (Å²) in [7, 11) is 2.99. The number of piperidine rings is 1. The maximum absolute atomic E-state index is 13.3. The van der Waals surface area contributed by atoms with E-state index in [0.29, 0.717) is 47.1 Å². The van der Waals surface area contributed by atoms with Gasteiger partial charge >= 0.3 is 6.03 Å². The fourth-order valence-electron chi connectivity index (χ4n) is 3.79. The van der Waals surface area contributed by atoms with E-state index in [-0.39, 0.29) is 18.0 Å². The maximum Gasteiger partial charge on any atom is 0.319 e. The molecular formula is C25H32N4O5. The Morgan fingerprint density at radius 2 is 1.59 bits per heavy atom. The monoisotopic (exact) mass is 468 g/mol. The van der Waals surface area contributed by atoms with Gasteiger partial charge < -0.3 is 30.3 Å². The summed E-state index contributed by atoms with van der Waals surface area (Å²) < 4.78 is 10.8. The van der Waals surface area contributed by atoms with Gasteiger partial charge in [-0.1, -0.05) is 6.07 Å². The van der Waals surface area contributed by atoms with Crippen molar-refractivity contribution in [3.05, 3.63) is 47.5 Å². The fourth-order valence-corrected chi connectivity index (χ4v) is 3.79. The molecule has 0 unspecified atom stereocenters. The zero-order chi connectivity index (χ0) is 24.7. The minimum absolute atomic E-state index is 0.0209. The average molecular weight is 469 g/mol. The molecule has 0 saturated carbocycles. The second-order valence-electron chi connectivity index (χ2n) is 8.39. The largest absolute Gasteiger partial charge is 0.493 e. The van der Waals surface area contributed by atoms with Crippen molar-refractivity contribution < 1.29 is 23.9 Å². The minimum atomic E-state index is -0.423. The van der Waals surface area contributed by atoms with E-state index >= 15 is 0 Å². The molecule has 1 aliphatic rings. The second kappa shape index (κ2) is 11.4. The van der Waals surface area contributed by atoms with Gasteiger partial charge in [0.25, 0.3) is 11.8 Å². The van der Waals surface area contributed by atoms with Crippen LogP contribution in [0.15, 0.2) is 36.4 Å². The number of nitrogens with one attached hydrogen (secondary N) is 3. The molecule has 0 atom stereocenters. The van der Waals surface area contributed by atoms with Crippen molar-refractivity contribution in [2.45, 2.75) is 39.2 Å². The summed E-state index contributed by atoms with van der Waals surface area (Å²) in [6.07, 6.45) is 2.99. The first kappa shape index (κ1) is 24.9. The molecule has 2 aromatic carbocycles. The van der Waals surface area contributed by atoms with Crippen molar-refractivity contribution in [2.75, 3.05) is 37.9 Å². The molecule has 9 nitrogen and oxygen atoms in total. The highest BCUT2D eigenvalue weighted by Gasteiger charge is 2.24. The molecule has 0 spiro atoms. The van der Waals surface area contributed by atoms with Gasteiger partial charge in [0.05, 0.1) is 25.5 Å². The third kappa shape index (κ3) is 6.18. The third-order valence-corrected chi connectivity index (χ3v) is 5.45. The zero-order valence-corrected chi connectivity index (χ0v) is 20.1. The van der Waals surface area contributed by atoms with Crippen LogP contribution in [-0.2, 0) is 0 Å². The Balaban J connectivity index is 1.87. The van der Waals surface area contributed by atoms with Gasteiger partial charge in [-0.05, 0) is 57.4 Å². The van der Waals surface area contributed by atoms with Crippen LogP contribution < -0.4 is 25.4 Å². The highest BCUT2D eigenvalue weighted by atomic mass is 16.5. The number of amides is 4. The summed E-state index contributed by atoms with van der Waals surface area (Å²) >= 11 is 0. The van der Waals surface area contributed by atoms with E-state index in [1.54, 1.807) is 41.3 Å². The van der Waals surface area contributed by atoms with Crippen LogP contribution in [0.4, 0.5) is 16.2 Å². The van der Waals surface area contributed by atoms with Crippen LogP contribution >= 0.6 is 0 Å². The van der Waals surface area contributed by atoms with Gasteiger partial charge in [-0.15, -0.1) is 0 Å². The molecule has 0 aliphatic carbocycles. The van der Waals surface area contributed by atoms with E-state index in [9.17, 15) is 14.4 Å². The molecule has 4 amide bonds. The number of carbonyl (C=O) groups excluding carboxylic acids is 3. The summed E-state index contributed by atoms with van der Waals surface area (Å²) in [6.45, 7) is 5.06. The number of ether oxygens (including phenoxy) is 2. The molecular weight excluding hydrogens is 436 g/mol.